The lowest BCUT2D eigenvalue weighted by molar-refractivity contribution is -0.125. The van der Waals surface area contributed by atoms with Gasteiger partial charge in [-0.3, -0.25) is 9.59 Å². The number of amides is 2. The van der Waals surface area contributed by atoms with Crippen molar-refractivity contribution in [1.29, 1.82) is 0 Å². The summed E-state index contributed by atoms with van der Waals surface area (Å²) < 4.78 is 30.2. The van der Waals surface area contributed by atoms with Gasteiger partial charge >= 0.3 is 0 Å². The highest BCUT2D eigenvalue weighted by Crippen LogP contribution is 2.31. The summed E-state index contributed by atoms with van der Waals surface area (Å²) in [5, 5.41) is 14.1. The van der Waals surface area contributed by atoms with Gasteiger partial charge in [0, 0.05) is 25.7 Å². The molecule has 2 heterocycles. The van der Waals surface area contributed by atoms with Gasteiger partial charge in [0.05, 0.1) is 22.9 Å². The molecule has 3 N–H and O–H groups in total. The molecule has 11 heteroatoms. The molecule has 186 valence electrons. The lowest BCUT2D eigenvalue weighted by atomic mass is 9.86. The molecule has 0 spiro atoms. The lowest BCUT2D eigenvalue weighted by Gasteiger charge is -2.30. The number of aliphatic hydroxyl groups excluding tert-OH is 1. The van der Waals surface area contributed by atoms with Crippen LogP contribution in [-0.4, -0.2) is 64.2 Å². The number of hydrogen-bond donors (Lipinski definition) is 3. The van der Waals surface area contributed by atoms with E-state index in [4.69, 9.17) is 16.7 Å². The number of imidazole rings is 1. The minimum absolute atomic E-state index is 0.00990. The highest BCUT2D eigenvalue weighted by atomic mass is 35.5. The molecule has 0 fully saturated rings. The molecule has 8 nitrogen and oxygen atoms in total. The van der Waals surface area contributed by atoms with Crippen molar-refractivity contribution < 1.29 is 23.5 Å². The van der Waals surface area contributed by atoms with Gasteiger partial charge in [-0.05, 0) is 31.5 Å². The van der Waals surface area contributed by atoms with Crippen LogP contribution in [-0.2, 0) is 17.9 Å². The van der Waals surface area contributed by atoms with Crippen LogP contribution in [0.5, 0.6) is 0 Å². The third-order valence-corrected chi connectivity index (χ3v) is 5.98. The molecule has 1 unspecified atom stereocenters. The van der Waals surface area contributed by atoms with E-state index >= 15 is 0 Å². The summed E-state index contributed by atoms with van der Waals surface area (Å²) in [5.41, 5.74) is -0.0184. The van der Waals surface area contributed by atoms with Gasteiger partial charge < -0.3 is 25.2 Å². The van der Waals surface area contributed by atoms with E-state index in [0.29, 0.717) is 24.8 Å². The number of carbonyl (C=O) groups excluding carboxylic acids is 2. The smallest absolute Gasteiger partial charge is 0.272 e. The Kier molecular flexibility index (Phi) is 7.95. The van der Waals surface area contributed by atoms with Crippen molar-refractivity contribution in [3.8, 4) is 11.4 Å². The topological polar surface area (TPSA) is 99.5 Å². The van der Waals surface area contributed by atoms with E-state index < -0.39 is 34.9 Å². The molecule has 2 aromatic rings. The summed E-state index contributed by atoms with van der Waals surface area (Å²) in [6, 6.07) is 0.953. The molecule has 34 heavy (non-hydrogen) atoms. The number of benzene rings is 1. The van der Waals surface area contributed by atoms with Gasteiger partial charge in [-0.15, -0.1) is 0 Å². The molecule has 3 rings (SSSR count). The standard InChI is InChI=1S/C23H30ClF2N5O3/c1-23(2,3)19(22(34)27-6-9-32)29-21(33)18-17-12-30(4)7-5-8-31(17)20(28-18)13-10-14(24)16(26)11-15(13)25/h10-11,19,32H,5-9,12H2,1-4H3,(H,27,34)(H,29,33). The first-order chi connectivity index (χ1) is 15.9. The zero-order chi connectivity index (χ0) is 25.2. The van der Waals surface area contributed by atoms with Gasteiger partial charge in [-0.25, -0.2) is 13.8 Å². The Morgan fingerprint density at radius 1 is 1.24 bits per heavy atom. The summed E-state index contributed by atoms with van der Waals surface area (Å²) >= 11 is 5.91. The summed E-state index contributed by atoms with van der Waals surface area (Å²) in [7, 11) is 1.90. The van der Waals surface area contributed by atoms with Gasteiger partial charge in [0.15, 0.2) is 5.69 Å². The third kappa shape index (κ3) is 5.56. The van der Waals surface area contributed by atoms with E-state index in [9.17, 15) is 18.4 Å². The minimum atomic E-state index is -0.909. The number of hydrogen-bond acceptors (Lipinski definition) is 5. The largest absolute Gasteiger partial charge is 0.395 e. The highest BCUT2D eigenvalue weighted by molar-refractivity contribution is 6.31. The number of fused-ring (bicyclic) bond motifs is 1. The van der Waals surface area contributed by atoms with E-state index in [2.05, 4.69) is 15.6 Å². The second kappa shape index (κ2) is 10.4. The fraction of sp³-hybridized carbons (Fsp3) is 0.522. The first-order valence-electron chi connectivity index (χ1n) is 11.1. The molecule has 0 radical (unpaired) electrons. The molecule has 1 aliphatic heterocycles. The van der Waals surface area contributed by atoms with Crippen molar-refractivity contribution in [2.45, 2.75) is 46.3 Å². The van der Waals surface area contributed by atoms with Gasteiger partial charge in [0.2, 0.25) is 5.91 Å². The first-order valence-corrected chi connectivity index (χ1v) is 11.4. The van der Waals surface area contributed by atoms with Crippen LogP contribution >= 0.6 is 11.6 Å². The van der Waals surface area contributed by atoms with Crippen molar-refractivity contribution in [2.75, 3.05) is 26.7 Å². The Hall–Kier alpha value is -2.56. The number of aliphatic hydroxyl groups is 1. The Morgan fingerprint density at radius 3 is 2.59 bits per heavy atom. The van der Waals surface area contributed by atoms with Crippen LogP contribution < -0.4 is 10.6 Å². The van der Waals surface area contributed by atoms with Crippen LogP contribution in [0.3, 0.4) is 0 Å². The Labute approximate surface area is 202 Å². The quantitative estimate of drug-likeness (QED) is 0.533. The highest BCUT2D eigenvalue weighted by Gasteiger charge is 2.35. The number of rotatable bonds is 6. The van der Waals surface area contributed by atoms with Gasteiger partial charge in [-0.1, -0.05) is 32.4 Å². The first kappa shape index (κ1) is 26.1. The van der Waals surface area contributed by atoms with Crippen molar-refractivity contribution in [3.63, 3.8) is 0 Å². The molecule has 2 amide bonds. The monoisotopic (exact) mass is 497 g/mol. The molecule has 1 aliphatic rings. The molecule has 1 aromatic carbocycles. The predicted octanol–water partition coefficient (Wildman–Crippen LogP) is 2.57. The summed E-state index contributed by atoms with van der Waals surface area (Å²) in [6.07, 6.45) is 0.735. The van der Waals surface area contributed by atoms with Crippen LogP contribution in [0.4, 0.5) is 8.78 Å². The molecule has 1 atom stereocenters. The lowest BCUT2D eigenvalue weighted by Crippen LogP contribution is -2.54. The van der Waals surface area contributed by atoms with E-state index in [-0.39, 0.29) is 35.3 Å². The van der Waals surface area contributed by atoms with E-state index in [1.807, 2.05) is 11.9 Å². The number of nitrogens with one attached hydrogen (secondary N) is 2. The SMILES string of the molecule is CN1CCCn2c(-c3cc(Cl)c(F)cc3F)nc(C(=O)NC(C(=O)NCCO)C(C)(C)C)c2C1. The van der Waals surface area contributed by atoms with Gasteiger partial charge in [0.1, 0.15) is 23.5 Å². The van der Waals surface area contributed by atoms with Crippen LogP contribution in [0, 0.1) is 17.0 Å². The molecule has 0 saturated heterocycles. The summed E-state index contributed by atoms with van der Waals surface area (Å²) in [6.45, 7) is 6.85. The molecule has 0 saturated carbocycles. The number of halogens is 3. The van der Waals surface area contributed by atoms with Crippen LogP contribution in [0.15, 0.2) is 12.1 Å². The molecular weight excluding hydrogens is 468 g/mol. The second-order valence-electron chi connectivity index (χ2n) is 9.51. The van der Waals surface area contributed by atoms with E-state index in [1.165, 1.54) is 6.07 Å². The predicted molar refractivity (Wildman–Crippen MR) is 124 cm³/mol. The Bertz CT molecular complexity index is 1080. The maximum atomic E-state index is 14.7. The van der Waals surface area contributed by atoms with Crippen molar-refractivity contribution >= 4 is 23.4 Å². The Balaban J connectivity index is 2.06. The molecule has 1 aromatic heterocycles. The number of nitrogens with zero attached hydrogens (tertiary/aromatic N) is 3. The number of carbonyl (C=O) groups is 2. The normalized spacial score (nSPS) is 15.4. The summed E-state index contributed by atoms with van der Waals surface area (Å²) in [5.74, 6) is -2.57. The molecule has 0 bridgehead atoms. The molecular formula is C23H30ClF2N5O3. The number of aromatic nitrogens is 2. The van der Waals surface area contributed by atoms with E-state index in [0.717, 1.165) is 13.0 Å². The zero-order valence-corrected chi connectivity index (χ0v) is 20.5. The maximum absolute atomic E-state index is 14.7. The average molecular weight is 498 g/mol. The average Bonchev–Trinajstić information content (AvgIpc) is 2.97. The second-order valence-corrected chi connectivity index (χ2v) is 9.91. The van der Waals surface area contributed by atoms with E-state index in [1.54, 1.807) is 25.3 Å². The Morgan fingerprint density at radius 2 is 1.94 bits per heavy atom. The summed E-state index contributed by atoms with van der Waals surface area (Å²) in [4.78, 5) is 32.6. The van der Waals surface area contributed by atoms with Crippen molar-refractivity contribution in [2.24, 2.45) is 5.41 Å². The third-order valence-electron chi connectivity index (χ3n) is 5.69. The van der Waals surface area contributed by atoms with Crippen LogP contribution in [0.2, 0.25) is 5.02 Å². The zero-order valence-electron chi connectivity index (χ0n) is 19.7. The van der Waals surface area contributed by atoms with Crippen molar-refractivity contribution in [3.05, 3.63) is 40.2 Å². The van der Waals surface area contributed by atoms with Gasteiger partial charge in [-0.2, -0.15) is 0 Å². The van der Waals surface area contributed by atoms with Gasteiger partial charge in [0.25, 0.3) is 5.91 Å². The van der Waals surface area contributed by atoms with Crippen LogP contribution in [0.1, 0.15) is 43.4 Å². The fourth-order valence-corrected chi connectivity index (χ4v) is 4.12. The minimum Gasteiger partial charge on any atom is -0.395 e. The van der Waals surface area contributed by atoms with Crippen LogP contribution in [0.25, 0.3) is 11.4 Å². The van der Waals surface area contributed by atoms with Crippen molar-refractivity contribution in [1.82, 2.24) is 25.1 Å². The fourth-order valence-electron chi connectivity index (χ4n) is 3.96. The molecule has 0 aliphatic carbocycles. The maximum Gasteiger partial charge on any atom is 0.272 e.